The fourth-order valence-electron chi connectivity index (χ4n) is 1.45. The monoisotopic (exact) mass is 272 g/mol. The van der Waals surface area contributed by atoms with Crippen LogP contribution >= 0.6 is 23.2 Å². The average Bonchev–Trinajstić information content (AvgIpc) is 3.09. The molecule has 1 aliphatic carbocycles. The lowest BCUT2D eigenvalue weighted by Gasteiger charge is -2.10. The standard InChI is InChI=1S/C13H14Cl2O2/c1-16-5-4-10-6-11(14)13(12(15)7-10)17-8-9-2-3-9/h4-7,9H,2-3,8H2,1H3. The van der Waals surface area contributed by atoms with Gasteiger partial charge in [0, 0.05) is 0 Å². The van der Waals surface area contributed by atoms with Crippen LogP contribution < -0.4 is 4.74 Å². The molecule has 0 amide bonds. The van der Waals surface area contributed by atoms with Gasteiger partial charge in [0.15, 0.2) is 5.75 Å². The number of methoxy groups -OCH3 is 1. The molecule has 17 heavy (non-hydrogen) atoms. The molecule has 1 aromatic rings. The molecule has 0 aromatic heterocycles. The van der Waals surface area contributed by atoms with Crippen molar-refractivity contribution >= 4 is 29.3 Å². The Balaban J connectivity index is 2.12. The van der Waals surface area contributed by atoms with Gasteiger partial charge in [0.2, 0.25) is 0 Å². The van der Waals surface area contributed by atoms with E-state index in [1.54, 1.807) is 19.4 Å². The Morgan fingerprint density at radius 2 is 1.94 bits per heavy atom. The number of benzene rings is 1. The fourth-order valence-corrected chi connectivity index (χ4v) is 2.06. The van der Waals surface area contributed by atoms with Crippen LogP contribution in [0.4, 0.5) is 0 Å². The Labute approximate surface area is 111 Å². The van der Waals surface area contributed by atoms with E-state index < -0.39 is 0 Å². The summed E-state index contributed by atoms with van der Waals surface area (Å²) in [5.41, 5.74) is 0.889. The van der Waals surface area contributed by atoms with Crippen molar-refractivity contribution in [2.75, 3.05) is 13.7 Å². The molecule has 0 heterocycles. The maximum atomic E-state index is 6.13. The van der Waals surface area contributed by atoms with Crippen LogP contribution in [0.25, 0.3) is 6.08 Å². The van der Waals surface area contributed by atoms with E-state index in [4.69, 9.17) is 32.7 Å². The van der Waals surface area contributed by atoms with Gasteiger partial charge in [0.05, 0.1) is 30.0 Å². The quantitative estimate of drug-likeness (QED) is 0.740. The van der Waals surface area contributed by atoms with Crippen LogP contribution in [-0.2, 0) is 4.74 Å². The Morgan fingerprint density at radius 1 is 1.29 bits per heavy atom. The summed E-state index contributed by atoms with van der Waals surface area (Å²) in [6.07, 6.45) is 5.85. The second-order valence-corrected chi connectivity index (χ2v) is 4.92. The first kappa shape index (κ1) is 12.6. The van der Waals surface area contributed by atoms with E-state index in [2.05, 4.69) is 0 Å². The van der Waals surface area contributed by atoms with Gasteiger partial charge in [0.25, 0.3) is 0 Å². The van der Waals surface area contributed by atoms with Gasteiger partial charge in [-0.1, -0.05) is 23.2 Å². The number of hydrogen-bond donors (Lipinski definition) is 0. The van der Waals surface area contributed by atoms with Crippen LogP contribution in [0, 0.1) is 5.92 Å². The summed E-state index contributed by atoms with van der Waals surface area (Å²) >= 11 is 12.3. The molecular weight excluding hydrogens is 259 g/mol. The van der Waals surface area contributed by atoms with Gasteiger partial charge in [-0.15, -0.1) is 0 Å². The maximum absolute atomic E-state index is 6.13. The third-order valence-electron chi connectivity index (χ3n) is 2.58. The van der Waals surface area contributed by atoms with Crippen molar-refractivity contribution in [1.82, 2.24) is 0 Å². The lowest BCUT2D eigenvalue weighted by Crippen LogP contribution is -2.00. The van der Waals surface area contributed by atoms with E-state index in [0.717, 1.165) is 5.56 Å². The molecule has 0 bridgehead atoms. The molecule has 0 spiro atoms. The number of hydrogen-bond acceptors (Lipinski definition) is 2. The zero-order valence-corrected chi connectivity index (χ0v) is 11.1. The zero-order chi connectivity index (χ0) is 12.3. The van der Waals surface area contributed by atoms with Crippen LogP contribution in [0.1, 0.15) is 18.4 Å². The fraction of sp³-hybridized carbons (Fsp3) is 0.385. The first-order valence-corrected chi connectivity index (χ1v) is 6.27. The van der Waals surface area contributed by atoms with Crippen molar-refractivity contribution in [1.29, 1.82) is 0 Å². The SMILES string of the molecule is COC=Cc1cc(Cl)c(OCC2CC2)c(Cl)c1. The van der Waals surface area contributed by atoms with Crippen LogP contribution in [-0.4, -0.2) is 13.7 Å². The lowest BCUT2D eigenvalue weighted by molar-refractivity contribution is 0.300. The summed E-state index contributed by atoms with van der Waals surface area (Å²) in [6.45, 7) is 0.701. The molecule has 2 nitrogen and oxygen atoms in total. The van der Waals surface area contributed by atoms with Gasteiger partial charge in [-0.3, -0.25) is 0 Å². The summed E-state index contributed by atoms with van der Waals surface area (Å²) < 4.78 is 10.5. The molecule has 0 radical (unpaired) electrons. The van der Waals surface area contributed by atoms with E-state index in [1.807, 2.05) is 12.1 Å². The molecule has 2 rings (SSSR count). The van der Waals surface area contributed by atoms with Crippen molar-refractivity contribution in [3.8, 4) is 5.75 Å². The van der Waals surface area contributed by atoms with Crippen molar-refractivity contribution in [3.05, 3.63) is 34.0 Å². The Morgan fingerprint density at radius 3 is 2.47 bits per heavy atom. The van der Waals surface area contributed by atoms with Gasteiger partial charge >= 0.3 is 0 Å². The van der Waals surface area contributed by atoms with E-state index in [9.17, 15) is 0 Å². The smallest absolute Gasteiger partial charge is 0.156 e. The number of ether oxygens (including phenoxy) is 2. The van der Waals surface area contributed by atoms with E-state index >= 15 is 0 Å². The molecule has 0 atom stereocenters. The highest BCUT2D eigenvalue weighted by atomic mass is 35.5. The largest absolute Gasteiger partial charge is 0.504 e. The highest BCUT2D eigenvalue weighted by Crippen LogP contribution is 2.37. The minimum Gasteiger partial charge on any atom is -0.504 e. The molecule has 92 valence electrons. The van der Waals surface area contributed by atoms with Crippen LogP contribution in [0.5, 0.6) is 5.75 Å². The molecule has 1 aromatic carbocycles. The van der Waals surface area contributed by atoms with Gasteiger partial charge < -0.3 is 9.47 Å². The lowest BCUT2D eigenvalue weighted by atomic mass is 10.2. The number of halogens is 2. The van der Waals surface area contributed by atoms with Crippen molar-refractivity contribution < 1.29 is 9.47 Å². The second kappa shape index (κ2) is 5.65. The summed E-state index contributed by atoms with van der Waals surface area (Å²) in [5, 5.41) is 1.07. The zero-order valence-electron chi connectivity index (χ0n) is 9.58. The minimum atomic E-state index is 0.536. The third kappa shape index (κ3) is 3.55. The van der Waals surface area contributed by atoms with Crippen molar-refractivity contribution in [3.63, 3.8) is 0 Å². The van der Waals surface area contributed by atoms with Gasteiger partial charge in [-0.2, -0.15) is 0 Å². The summed E-state index contributed by atoms with van der Waals surface area (Å²) in [4.78, 5) is 0. The summed E-state index contributed by atoms with van der Waals surface area (Å²) in [7, 11) is 1.59. The van der Waals surface area contributed by atoms with Crippen LogP contribution in [0.2, 0.25) is 10.0 Å². The molecule has 0 saturated heterocycles. The second-order valence-electron chi connectivity index (χ2n) is 4.11. The third-order valence-corrected chi connectivity index (χ3v) is 3.14. The first-order valence-electron chi connectivity index (χ1n) is 5.52. The van der Waals surface area contributed by atoms with Crippen molar-refractivity contribution in [2.24, 2.45) is 5.92 Å². The first-order chi connectivity index (χ1) is 8.20. The Hall–Kier alpha value is -0.860. The topological polar surface area (TPSA) is 18.5 Å². The minimum absolute atomic E-state index is 0.536. The van der Waals surface area contributed by atoms with Crippen molar-refractivity contribution in [2.45, 2.75) is 12.8 Å². The maximum Gasteiger partial charge on any atom is 0.156 e. The summed E-state index contributed by atoms with van der Waals surface area (Å²) in [6, 6.07) is 3.62. The Kier molecular flexibility index (Phi) is 4.19. The van der Waals surface area contributed by atoms with E-state index in [-0.39, 0.29) is 0 Å². The molecule has 0 N–H and O–H groups in total. The van der Waals surface area contributed by atoms with Gasteiger partial charge in [0.1, 0.15) is 0 Å². The normalized spacial score (nSPS) is 15.2. The van der Waals surface area contributed by atoms with E-state index in [1.165, 1.54) is 12.8 Å². The van der Waals surface area contributed by atoms with Gasteiger partial charge in [-0.25, -0.2) is 0 Å². The van der Waals surface area contributed by atoms with Crippen LogP contribution in [0.3, 0.4) is 0 Å². The summed E-state index contributed by atoms with van der Waals surface area (Å²) in [5.74, 6) is 1.25. The molecule has 0 aliphatic heterocycles. The molecule has 1 saturated carbocycles. The highest BCUT2D eigenvalue weighted by Gasteiger charge is 2.23. The predicted molar refractivity (Wildman–Crippen MR) is 70.7 cm³/mol. The van der Waals surface area contributed by atoms with E-state index in [0.29, 0.717) is 28.3 Å². The average molecular weight is 273 g/mol. The predicted octanol–water partition coefficient (Wildman–Crippen LogP) is 4.40. The van der Waals surface area contributed by atoms with Gasteiger partial charge in [-0.05, 0) is 42.5 Å². The molecule has 4 heteroatoms. The molecule has 0 unspecified atom stereocenters. The Bertz CT molecular complexity index is 402. The van der Waals surface area contributed by atoms with Crippen LogP contribution in [0.15, 0.2) is 18.4 Å². The highest BCUT2D eigenvalue weighted by molar-refractivity contribution is 6.37. The molecule has 1 aliphatic rings. The number of rotatable bonds is 5. The molecule has 1 fully saturated rings. The molecular formula is C13H14Cl2O2.